The third-order valence-electron chi connectivity index (χ3n) is 5.20. The zero-order valence-electron chi connectivity index (χ0n) is 15.6. The third-order valence-corrected chi connectivity index (χ3v) is 5.20. The average Bonchev–Trinajstić information content (AvgIpc) is 2.72. The van der Waals surface area contributed by atoms with Crippen molar-refractivity contribution in [2.45, 2.75) is 38.2 Å². The van der Waals surface area contributed by atoms with Gasteiger partial charge in [-0.25, -0.2) is 4.79 Å². The van der Waals surface area contributed by atoms with E-state index in [0.29, 0.717) is 19.1 Å². The number of rotatable bonds is 6. The number of hydrogen-bond acceptors (Lipinski definition) is 4. The van der Waals surface area contributed by atoms with Gasteiger partial charge in [-0.2, -0.15) is 0 Å². The summed E-state index contributed by atoms with van der Waals surface area (Å²) in [5.74, 6) is 2.18. The lowest BCUT2D eigenvalue weighted by Crippen LogP contribution is -2.47. The third kappa shape index (κ3) is 5.53. The van der Waals surface area contributed by atoms with Crippen molar-refractivity contribution in [2.24, 2.45) is 5.92 Å². The smallest absolute Gasteiger partial charge is 0.317 e. The van der Waals surface area contributed by atoms with Gasteiger partial charge < -0.3 is 24.4 Å². The largest absolute Gasteiger partial charge is 0.497 e. The maximum Gasteiger partial charge on any atom is 0.317 e. The van der Waals surface area contributed by atoms with Crippen molar-refractivity contribution in [1.82, 2.24) is 10.2 Å². The molecule has 0 spiro atoms. The highest BCUT2D eigenvalue weighted by molar-refractivity contribution is 5.74. The number of carbonyl (C=O) groups excluding carboxylic acids is 1. The van der Waals surface area contributed by atoms with Crippen LogP contribution in [0.5, 0.6) is 11.5 Å². The van der Waals surface area contributed by atoms with E-state index < -0.39 is 0 Å². The zero-order chi connectivity index (χ0) is 18.2. The second-order valence-corrected chi connectivity index (χ2v) is 7.09. The van der Waals surface area contributed by atoms with Gasteiger partial charge in [-0.3, -0.25) is 0 Å². The minimum absolute atomic E-state index is 0.0358. The quantitative estimate of drug-likeness (QED) is 0.845. The second kappa shape index (κ2) is 9.67. The van der Waals surface area contributed by atoms with Gasteiger partial charge in [0.25, 0.3) is 0 Å². The van der Waals surface area contributed by atoms with Crippen LogP contribution in [0.3, 0.4) is 0 Å². The van der Waals surface area contributed by atoms with E-state index in [2.05, 4.69) is 5.32 Å². The SMILES string of the molecule is COc1ccc(OCC2CCN(C(=O)NC[C@@H]3CCCCO3)CC2)cc1. The van der Waals surface area contributed by atoms with Crippen molar-refractivity contribution in [3.05, 3.63) is 24.3 Å². The first-order valence-corrected chi connectivity index (χ1v) is 9.66. The Morgan fingerprint density at radius 1 is 1.15 bits per heavy atom. The molecule has 6 nitrogen and oxygen atoms in total. The fourth-order valence-electron chi connectivity index (χ4n) is 3.47. The van der Waals surface area contributed by atoms with Gasteiger partial charge in [0.1, 0.15) is 11.5 Å². The van der Waals surface area contributed by atoms with Crippen molar-refractivity contribution in [1.29, 1.82) is 0 Å². The van der Waals surface area contributed by atoms with Crippen molar-refractivity contribution in [3.8, 4) is 11.5 Å². The fourth-order valence-corrected chi connectivity index (χ4v) is 3.47. The van der Waals surface area contributed by atoms with Crippen molar-refractivity contribution >= 4 is 6.03 Å². The van der Waals surface area contributed by atoms with Crippen LogP contribution in [-0.2, 0) is 4.74 Å². The molecule has 2 heterocycles. The van der Waals surface area contributed by atoms with E-state index >= 15 is 0 Å². The standard InChI is InChI=1S/C20H30N2O4/c1-24-17-5-7-18(8-6-17)26-15-16-9-11-22(12-10-16)20(23)21-14-19-4-2-3-13-25-19/h5-8,16,19H,2-4,9-15H2,1H3,(H,21,23)/t19-/m0/s1. The Balaban J connectivity index is 1.33. The molecular formula is C20H30N2O4. The second-order valence-electron chi connectivity index (χ2n) is 7.09. The number of piperidine rings is 1. The van der Waals surface area contributed by atoms with Crippen molar-refractivity contribution in [3.63, 3.8) is 0 Å². The number of nitrogens with zero attached hydrogens (tertiary/aromatic N) is 1. The number of hydrogen-bond donors (Lipinski definition) is 1. The molecule has 1 N–H and O–H groups in total. The van der Waals surface area contributed by atoms with Crippen LogP contribution < -0.4 is 14.8 Å². The average molecular weight is 362 g/mol. The van der Waals surface area contributed by atoms with E-state index in [1.807, 2.05) is 29.2 Å². The Labute approximate surface area is 155 Å². The van der Waals surface area contributed by atoms with Gasteiger partial charge in [-0.1, -0.05) is 0 Å². The summed E-state index contributed by atoms with van der Waals surface area (Å²) >= 11 is 0. The van der Waals surface area contributed by atoms with Crippen LogP contribution in [0.15, 0.2) is 24.3 Å². The van der Waals surface area contributed by atoms with Gasteiger partial charge in [0.05, 0.1) is 19.8 Å². The molecule has 2 aliphatic heterocycles. The molecule has 2 amide bonds. The summed E-state index contributed by atoms with van der Waals surface area (Å²) in [6.45, 7) is 3.71. The lowest BCUT2D eigenvalue weighted by atomic mass is 9.98. The number of urea groups is 1. The molecule has 0 saturated carbocycles. The van der Waals surface area contributed by atoms with Crippen LogP contribution in [0.4, 0.5) is 4.79 Å². The molecule has 144 valence electrons. The molecule has 0 aromatic heterocycles. The Morgan fingerprint density at radius 2 is 1.88 bits per heavy atom. The Morgan fingerprint density at radius 3 is 2.54 bits per heavy atom. The lowest BCUT2D eigenvalue weighted by Gasteiger charge is -2.32. The van der Waals surface area contributed by atoms with E-state index in [4.69, 9.17) is 14.2 Å². The van der Waals surface area contributed by atoms with Gasteiger partial charge in [0.2, 0.25) is 0 Å². The predicted molar refractivity (Wildman–Crippen MR) is 99.8 cm³/mol. The van der Waals surface area contributed by atoms with Gasteiger partial charge in [-0.15, -0.1) is 0 Å². The van der Waals surface area contributed by atoms with Crippen LogP contribution >= 0.6 is 0 Å². The van der Waals surface area contributed by atoms with Crippen LogP contribution in [-0.4, -0.2) is 57.0 Å². The summed E-state index contributed by atoms with van der Waals surface area (Å²) in [4.78, 5) is 14.2. The molecule has 6 heteroatoms. The molecule has 26 heavy (non-hydrogen) atoms. The minimum atomic E-state index is 0.0358. The highest BCUT2D eigenvalue weighted by atomic mass is 16.5. The van der Waals surface area contributed by atoms with Crippen molar-refractivity contribution < 1.29 is 19.0 Å². The number of likely N-dealkylation sites (tertiary alicyclic amines) is 1. The molecule has 2 saturated heterocycles. The molecule has 2 fully saturated rings. The van der Waals surface area contributed by atoms with Crippen molar-refractivity contribution in [2.75, 3.05) is 40.0 Å². The lowest BCUT2D eigenvalue weighted by molar-refractivity contribution is 0.0174. The summed E-state index contributed by atoms with van der Waals surface area (Å²) in [6, 6.07) is 7.69. The Bertz CT molecular complexity index is 549. The number of methoxy groups -OCH3 is 1. The van der Waals surface area contributed by atoms with Gasteiger partial charge >= 0.3 is 6.03 Å². The fraction of sp³-hybridized carbons (Fsp3) is 0.650. The van der Waals surface area contributed by atoms with Crippen LogP contribution in [0.1, 0.15) is 32.1 Å². The Kier molecular flexibility index (Phi) is 7.00. The maximum atomic E-state index is 12.3. The number of carbonyl (C=O) groups is 1. The summed E-state index contributed by atoms with van der Waals surface area (Å²) in [7, 11) is 1.65. The molecule has 3 rings (SSSR count). The first kappa shape index (κ1) is 18.8. The van der Waals surface area contributed by atoms with Gasteiger partial charge in [-0.05, 0) is 62.3 Å². The zero-order valence-corrected chi connectivity index (χ0v) is 15.6. The molecule has 0 radical (unpaired) electrons. The normalized spacial score (nSPS) is 21.3. The van der Waals surface area contributed by atoms with E-state index in [1.54, 1.807) is 7.11 Å². The summed E-state index contributed by atoms with van der Waals surface area (Å²) < 4.78 is 16.7. The number of benzene rings is 1. The van der Waals surface area contributed by atoms with E-state index in [9.17, 15) is 4.79 Å². The molecule has 2 aliphatic rings. The van der Waals surface area contributed by atoms with E-state index in [1.165, 1.54) is 6.42 Å². The molecule has 1 aromatic carbocycles. The highest BCUT2D eigenvalue weighted by Gasteiger charge is 2.24. The highest BCUT2D eigenvalue weighted by Crippen LogP contribution is 2.21. The topological polar surface area (TPSA) is 60.0 Å². The molecule has 0 unspecified atom stereocenters. The van der Waals surface area contributed by atoms with E-state index in [0.717, 1.165) is 56.9 Å². The number of amides is 2. The first-order valence-electron chi connectivity index (χ1n) is 9.66. The molecule has 1 atom stereocenters. The maximum absolute atomic E-state index is 12.3. The summed E-state index contributed by atoms with van der Waals surface area (Å²) in [5.41, 5.74) is 0. The van der Waals surface area contributed by atoms with Crippen LogP contribution in [0.25, 0.3) is 0 Å². The summed E-state index contributed by atoms with van der Waals surface area (Å²) in [5, 5.41) is 3.02. The number of nitrogens with one attached hydrogen (secondary N) is 1. The molecule has 0 bridgehead atoms. The monoisotopic (exact) mass is 362 g/mol. The number of ether oxygens (including phenoxy) is 3. The van der Waals surface area contributed by atoms with Crippen LogP contribution in [0.2, 0.25) is 0 Å². The molecule has 1 aromatic rings. The first-order chi connectivity index (χ1) is 12.7. The van der Waals surface area contributed by atoms with Crippen LogP contribution in [0, 0.1) is 5.92 Å². The Hall–Kier alpha value is -1.95. The van der Waals surface area contributed by atoms with Gasteiger partial charge in [0, 0.05) is 26.2 Å². The van der Waals surface area contributed by atoms with E-state index in [-0.39, 0.29) is 12.1 Å². The molecule has 0 aliphatic carbocycles. The molecular weight excluding hydrogens is 332 g/mol. The summed E-state index contributed by atoms with van der Waals surface area (Å²) in [6.07, 6.45) is 5.51. The van der Waals surface area contributed by atoms with Gasteiger partial charge in [0.15, 0.2) is 0 Å². The minimum Gasteiger partial charge on any atom is -0.497 e. The predicted octanol–water partition coefficient (Wildman–Crippen LogP) is 3.06.